The van der Waals surface area contributed by atoms with E-state index in [0.717, 1.165) is 114 Å². The van der Waals surface area contributed by atoms with Crippen LogP contribution in [0.2, 0.25) is 0 Å². The fourth-order valence-corrected chi connectivity index (χ4v) is 14.4. The molecule has 0 saturated heterocycles. The lowest BCUT2D eigenvalue weighted by Crippen LogP contribution is -2.14. The number of thiophene rings is 1. The standard InChI is InChI=1S/C81H52F2N2O2S/c1-3-25-58-62-39-23-41-68(80(62)86-72(58)4-2)84(78-64(52-30-13-7-14-31-52)44-54(46-66(78)82)50-26-9-5-10-27-50)70-48-74-76(60-37-19-17-34-56(60)70)77-61-38-20-18-35-57(61)71(49-75(77)88-74)85(69-42-24-40-63-59-36-21-22-43-73(59)87-81(63)69)79-65(53-32-15-8-16-33-53)45-55(47-67(79)83)51-28-11-6-12-29-51/h3-49H,2H2,1H3/b25-3-. The molecule has 88 heavy (non-hydrogen) atoms. The highest BCUT2D eigenvalue weighted by molar-refractivity contribution is 7.26. The number of halogens is 2. The molecule has 0 aliphatic carbocycles. The molecule has 0 spiro atoms. The molecule has 4 nitrogen and oxygen atoms in total. The van der Waals surface area contributed by atoms with Crippen LogP contribution in [0.25, 0.3) is 131 Å². The average Bonchev–Trinajstić information content (AvgIpc) is 2.06. The third-order valence-electron chi connectivity index (χ3n) is 17.0. The van der Waals surface area contributed by atoms with E-state index >= 15 is 8.78 Å². The van der Waals surface area contributed by atoms with Gasteiger partial charge in [-0.15, -0.1) is 11.3 Å². The Hall–Kier alpha value is -11.1. The largest absolute Gasteiger partial charge is 0.454 e. The second-order valence-electron chi connectivity index (χ2n) is 22.1. The summed E-state index contributed by atoms with van der Waals surface area (Å²) in [4.78, 5) is 4.16. The Kier molecular flexibility index (Phi) is 12.8. The molecule has 0 unspecified atom stereocenters. The molecule has 0 aliphatic heterocycles. The second-order valence-corrected chi connectivity index (χ2v) is 23.1. The number of fused-ring (bicyclic) bond motifs is 11. The smallest absolute Gasteiger partial charge is 0.159 e. The Labute approximate surface area is 510 Å². The normalized spacial score (nSPS) is 11.8. The van der Waals surface area contributed by atoms with Gasteiger partial charge in [0.25, 0.3) is 0 Å². The van der Waals surface area contributed by atoms with Gasteiger partial charge in [0.2, 0.25) is 0 Å². The molecule has 3 heterocycles. The van der Waals surface area contributed by atoms with E-state index in [2.05, 4.69) is 107 Å². The Morgan fingerprint density at radius 3 is 1.26 bits per heavy atom. The van der Waals surface area contributed by atoms with Gasteiger partial charge in [-0.2, -0.15) is 0 Å². The van der Waals surface area contributed by atoms with Gasteiger partial charge in [-0.1, -0.05) is 231 Å². The molecule has 0 amide bonds. The maximum Gasteiger partial charge on any atom is 0.159 e. The summed E-state index contributed by atoms with van der Waals surface area (Å²) in [6.07, 6.45) is 5.77. The van der Waals surface area contributed by atoms with E-state index in [4.69, 9.17) is 8.83 Å². The van der Waals surface area contributed by atoms with Gasteiger partial charge in [-0.3, -0.25) is 0 Å². The monoisotopic (exact) mass is 1150 g/mol. The lowest BCUT2D eigenvalue weighted by molar-refractivity contribution is 0.603. The van der Waals surface area contributed by atoms with Crippen molar-refractivity contribution in [1.82, 2.24) is 0 Å². The van der Waals surface area contributed by atoms with Crippen molar-refractivity contribution in [2.45, 2.75) is 6.92 Å². The van der Waals surface area contributed by atoms with E-state index in [1.165, 1.54) is 0 Å². The van der Waals surface area contributed by atoms with Crippen molar-refractivity contribution >= 4 is 132 Å². The third kappa shape index (κ3) is 8.53. The zero-order chi connectivity index (χ0) is 59.0. The van der Waals surface area contributed by atoms with Gasteiger partial charge in [0, 0.05) is 63.8 Å². The minimum Gasteiger partial charge on any atom is -0.454 e. The fourth-order valence-electron chi connectivity index (χ4n) is 13.2. The number of hydrogen-bond acceptors (Lipinski definition) is 5. The molecule has 0 fully saturated rings. The van der Waals surface area contributed by atoms with Gasteiger partial charge < -0.3 is 18.6 Å². The molecular formula is C81H52F2N2O2S. The van der Waals surface area contributed by atoms with Crippen molar-refractivity contribution in [3.8, 4) is 44.5 Å². The van der Waals surface area contributed by atoms with E-state index in [1.807, 2.05) is 183 Å². The van der Waals surface area contributed by atoms with Crippen molar-refractivity contribution in [3.63, 3.8) is 0 Å². The molecule has 0 atom stereocenters. The summed E-state index contributed by atoms with van der Waals surface area (Å²) < 4.78 is 52.8. The first kappa shape index (κ1) is 52.4. The van der Waals surface area contributed by atoms with Crippen LogP contribution in [0, 0.1) is 11.6 Å². The number of rotatable bonds is 12. The van der Waals surface area contributed by atoms with E-state index in [9.17, 15) is 0 Å². The van der Waals surface area contributed by atoms with Crippen LogP contribution in [0.3, 0.4) is 0 Å². The van der Waals surface area contributed by atoms with Crippen LogP contribution in [0.4, 0.5) is 42.9 Å². The second kappa shape index (κ2) is 21.4. The van der Waals surface area contributed by atoms with Crippen LogP contribution in [0.1, 0.15) is 18.2 Å². The predicted molar refractivity (Wildman–Crippen MR) is 367 cm³/mol. The fraction of sp³-hybridized carbons (Fsp3) is 0.0123. The summed E-state index contributed by atoms with van der Waals surface area (Å²) in [6.45, 7) is 6.15. The molecule has 418 valence electrons. The number of anilines is 6. The SMILES string of the molecule is C=Cc1oc2c(N(c3c(F)cc(-c4ccccc4)cc3-c3ccccc3)c3cc4sc5cc(N(c6c(F)cc(-c7ccccc7)cc6-c6ccccc6)c6cccc7c6oc6ccccc67)c6ccccc6c5c4c4ccccc34)cccc2c1/C=C\C. The summed E-state index contributed by atoms with van der Waals surface area (Å²) in [5.74, 6) is -0.186. The number of para-hydroxylation sites is 3. The van der Waals surface area contributed by atoms with Crippen LogP contribution in [0.5, 0.6) is 0 Å². The summed E-state index contributed by atoms with van der Waals surface area (Å²) in [7, 11) is 0. The van der Waals surface area contributed by atoms with Crippen LogP contribution >= 0.6 is 11.3 Å². The number of nitrogens with zero attached hydrogens (tertiary/aromatic N) is 2. The van der Waals surface area contributed by atoms with Crippen molar-refractivity contribution in [2.24, 2.45) is 0 Å². The molecule has 0 aliphatic rings. The van der Waals surface area contributed by atoms with Crippen molar-refractivity contribution in [2.75, 3.05) is 9.80 Å². The Bertz CT molecular complexity index is 5460. The first-order valence-corrected chi connectivity index (χ1v) is 30.2. The number of benzene rings is 13. The van der Waals surface area contributed by atoms with E-state index in [-0.39, 0.29) is 0 Å². The van der Waals surface area contributed by atoms with E-state index in [1.54, 1.807) is 29.5 Å². The Morgan fingerprint density at radius 2 is 0.784 bits per heavy atom. The maximum atomic E-state index is 18.5. The summed E-state index contributed by atoms with van der Waals surface area (Å²) in [5, 5.41) is 8.66. The van der Waals surface area contributed by atoms with Gasteiger partial charge in [-0.25, -0.2) is 8.78 Å². The molecule has 0 bridgehead atoms. The van der Waals surface area contributed by atoms with Gasteiger partial charge in [0.1, 0.15) is 23.0 Å². The Balaban J connectivity index is 1.01. The number of hydrogen-bond donors (Lipinski definition) is 0. The summed E-state index contributed by atoms with van der Waals surface area (Å²) in [6, 6.07) is 89.3. The van der Waals surface area contributed by atoms with Gasteiger partial charge in [-0.05, 0) is 112 Å². The highest BCUT2D eigenvalue weighted by Gasteiger charge is 2.32. The third-order valence-corrected chi connectivity index (χ3v) is 18.1. The zero-order valence-corrected chi connectivity index (χ0v) is 48.5. The van der Waals surface area contributed by atoms with Crippen molar-refractivity contribution in [1.29, 1.82) is 0 Å². The molecule has 13 aromatic carbocycles. The molecular weight excluding hydrogens is 1100 g/mol. The molecule has 16 aromatic rings. The quantitative estimate of drug-likeness (QED) is 0.122. The molecule has 16 rings (SSSR count). The van der Waals surface area contributed by atoms with Crippen LogP contribution in [-0.4, -0.2) is 0 Å². The molecule has 7 heteroatoms. The van der Waals surface area contributed by atoms with Crippen molar-refractivity contribution < 1.29 is 17.6 Å². The number of allylic oxidation sites excluding steroid dienone is 1. The van der Waals surface area contributed by atoms with Crippen LogP contribution < -0.4 is 9.80 Å². The topological polar surface area (TPSA) is 32.8 Å². The van der Waals surface area contributed by atoms with Gasteiger partial charge in [0.15, 0.2) is 11.2 Å². The Morgan fingerprint density at radius 1 is 0.375 bits per heavy atom. The highest BCUT2D eigenvalue weighted by atomic mass is 32.1. The van der Waals surface area contributed by atoms with Gasteiger partial charge in [0.05, 0.1) is 34.1 Å². The summed E-state index contributed by atoms with van der Waals surface area (Å²) >= 11 is 1.66. The molecule has 3 aromatic heterocycles. The number of furan rings is 2. The van der Waals surface area contributed by atoms with Gasteiger partial charge >= 0.3 is 0 Å². The lowest BCUT2D eigenvalue weighted by Gasteiger charge is -2.30. The first-order valence-electron chi connectivity index (χ1n) is 29.4. The maximum absolute atomic E-state index is 18.5. The summed E-state index contributed by atoms with van der Waals surface area (Å²) in [5.41, 5.74) is 12.9. The minimum atomic E-state index is -0.406. The molecule has 0 N–H and O–H groups in total. The average molecular weight is 1160 g/mol. The van der Waals surface area contributed by atoms with E-state index in [0.29, 0.717) is 50.8 Å². The minimum absolute atomic E-state index is 0.366. The first-order chi connectivity index (χ1) is 43.4. The molecule has 0 saturated carbocycles. The van der Waals surface area contributed by atoms with Crippen LogP contribution in [0.15, 0.2) is 288 Å². The molecule has 0 radical (unpaired) electrons. The zero-order valence-electron chi connectivity index (χ0n) is 47.7. The predicted octanol–water partition coefficient (Wildman–Crippen LogP) is 24.6. The van der Waals surface area contributed by atoms with Crippen LogP contribution in [-0.2, 0) is 0 Å². The van der Waals surface area contributed by atoms with Crippen molar-refractivity contribution in [3.05, 3.63) is 303 Å². The highest BCUT2D eigenvalue weighted by Crippen LogP contribution is 2.56. The van der Waals surface area contributed by atoms with E-state index < -0.39 is 11.6 Å². The lowest BCUT2D eigenvalue weighted by atomic mass is 9.93.